The number of H-pyrrole nitrogens is 1. The zero-order valence-electron chi connectivity index (χ0n) is 11.5. The van der Waals surface area contributed by atoms with Gasteiger partial charge in [0.1, 0.15) is 5.75 Å². The number of methoxy groups -OCH3 is 1. The molecule has 0 aliphatic heterocycles. The number of nitrogens with one attached hydrogen (secondary N) is 1. The first-order valence-electron chi connectivity index (χ1n) is 6.54. The normalized spacial score (nSPS) is 10.7. The largest absolute Gasteiger partial charge is 0.495 e. The summed E-state index contributed by atoms with van der Waals surface area (Å²) in [6.45, 7) is 0.238. The maximum Gasteiger partial charge on any atom is 0.329 e. The number of nitrogens with zero attached hydrogens (tertiary/aromatic N) is 1. The Balaban J connectivity index is 2.21. The lowest BCUT2D eigenvalue weighted by Crippen LogP contribution is -2.35. The molecule has 0 amide bonds. The van der Waals surface area contributed by atoms with E-state index in [2.05, 4.69) is 4.98 Å². The van der Waals surface area contributed by atoms with Crippen molar-refractivity contribution in [2.45, 2.75) is 6.54 Å². The molecule has 1 N–H and O–H groups in total. The van der Waals surface area contributed by atoms with E-state index in [1.807, 2.05) is 30.3 Å². The molecule has 2 aromatic carbocycles. The Kier molecular flexibility index (Phi) is 3.31. The van der Waals surface area contributed by atoms with Gasteiger partial charge in [-0.2, -0.15) is 0 Å². The van der Waals surface area contributed by atoms with Gasteiger partial charge in [0.15, 0.2) is 0 Å². The Bertz CT molecular complexity index is 895. The smallest absolute Gasteiger partial charge is 0.329 e. The average Bonchev–Trinajstić information content (AvgIpc) is 2.52. The summed E-state index contributed by atoms with van der Waals surface area (Å²) in [7, 11) is 1.50. The van der Waals surface area contributed by atoms with Gasteiger partial charge in [-0.15, -0.1) is 0 Å². The molecule has 0 saturated carbocycles. The van der Waals surface area contributed by atoms with Gasteiger partial charge in [-0.1, -0.05) is 36.4 Å². The lowest BCUT2D eigenvalue weighted by Gasteiger charge is -2.08. The third-order valence-corrected chi connectivity index (χ3v) is 3.38. The molecule has 1 aromatic heterocycles. The van der Waals surface area contributed by atoms with Crippen molar-refractivity contribution in [1.29, 1.82) is 0 Å². The van der Waals surface area contributed by atoms with Gasteiger partial charge in [0.25, 0.3) is 5.56 Å². The molecule has 0 unspecified atom stereocenters. The number of para-hydroxylation sites is 1. The summed E-state index contributed by atoms with van der Waals surface area (Å²) < 4.78 is 6.37. The lowest BCUT2D eigenvalue weighted by atomic mass is 10.2. The quantitative estimate of drug-likeness (QED) is 0.796. The van der Waals surface area contributed by atoms with Crippen LogP contribution in [-0.2, 0) is 6.54 Å². The predicted molar refractivity (Wildman–Crippen MR) is 80.9 cm³/mol. The number of ether oxygens (including phenoxy) is 1. The molecule has 5 heteroatoms. The van der Waals surface area contributed by atoms with Crippen LogP contribution >= 0.6 is 0 Å². The van der Waals surface area contributed by atoms with Crippen LogP contribution in [0.15, 0.2) is 58.1 Å². The molecule has 0 fully saturated rings. The van der Waals surface area contributed by atoms with Crippen LogP contribution in [0.2, 0.25) is 0 Å². The van der Waals surface area contributed by atoms with Gasteiger partial charge in [0.05, 0.1) is 24.6 Å². The highest BCUT2D eigenvalue weighted by atomic mass is 16.5. The third-order valence-electron chi connectivity index (χ3n) is 3.38. The van der Waals surface area contributed by atoms with Crippen LogP contribution in [-0.4, -0.2) is 16.7 Å². The summed E-state index contributed by atoms with van der Waals surface area (Å²) in [4.78, 5) is 27.4. The molecule has 3 aromatic rings. The van der Waals surface area contributed by atoms with Gasteiger partial charge in [0.2, 0.25) is 0 Å². The van der Waals surface area contributed by atoms with E-state index in [1.54, 1.807) is 18.2 Å². The monoisotopic (exact) mass is 282 g/mol. The third kappa shape index (κ3) is 2.33. The second kappa shape index (κ2) is 5.28. The minimum absolute atomic E-state index is 0.238. The molecular formula is C16H14N2O3. The number of aromatic amines is 1. The molecule has 3 rings (SSSR count). The fourth-order valence-corrected chi connectivity index (χ4v) is 2.33. The molecule has 21 heavy (non-hydrogen) atoms. The molecule has 0 saturated heterocycles. The summed E-state index contributed by atoms with van der Waals surface area (Å²) >= 11 is 0. The zero-order valence-corrected chi connectivity index (χ0v) is 11.5. The predicted octanol–water partition coefficient (Wildman–Crippen LogP) is 1.75. The van der Waals surface area contributed by atoms with E-state index in [1.165, 1.54) is 11.7 Å². The fraction of sp³-hybridized carbons (Fsp3) is 0.125. The highest BCUT2D eigenvalue weighted by Gasteiger charge is 2.10. The van der Waals surface area contributed by atoms with Crippen LogP contribution in [0, 0.1) is 0 Å². The molecule has 0 atom stereocenters. The SMILES string of the molecule is COc1cccc2c(=O)n(Cc3ccccc3)c(=O)[nH]c12. The van der Waals surface area contributed by atoms with Crippen molar-refractivity contribution in [3.63, 3.8) is 0 Å². The number of aromatic nitrogens is 2. The second-order valence-corrected chi connectivity index (χ2v) is 4.69. The van der Waals surface area contributed by atoms with E-state index >= 15 is 0 Å². The first-order chi connectivity index (χ1) is 10.2. The summed E-state index contributed by atoms with van der Waals surface area (Å²) in [5.41, 5.74) is 0.559. The maximum atomic E-state index is 12.5. The van der Waals surface area contributed by atoms with Gasteiger partial charge < -0.3 is 9.72 Å². The number of benzene rings is 2. The van der Waals surface area contributed by atoms with Crippen molar-refractivity contribution in [3.05, 3.63) is 74.9 Å². The molecule has 106 valence electrons. The van der Waals surface area contributed by atoms with Crippen LogP contribution in [0.4, 0.5) is 0 Å². The Morgan fingerprint density at radius 2 is 1.81 bits per heavy atom. The van der Waals surface area contributed by atoms with E-state index < -0.39 is 5.69 Å². The fourth-order valence-electron chi connectivity index (χ4n) is 2.33. The lowest BCUT2D eigenvalue weighted by molar-refractivity contribution is 0.418. The number of hydrogen-bond acceptors (Lipinski definition) is 3. The van der Waals surface area contributed by atoms with Crippen molar-refractivity contribution in [2.24, 2.45) is 0 Å². The van der Waals surface area contributed by atoms with E-state index in [0.29, 0.717) is 16.7 Å². The molecule has 5 nitrogen and oxygen atoms in total. The van der Waals surface area contributed by atoms with Gasteiger partial charge in [-0.25, -0.2) is 4.79 Å². The maximum absolute atomic E-state index is 12.5. The van der Waals surface area contributed by atoms with Crippen LogP contribution in [0.25, 0.3) is 10.9 Å². The Labute approximate surface area is 120 Å². The van der Waals surface area contributed by atoms with Crippen molar-refractivity contribution in [2.75, 3.05) is 7.11 Å². The van der Waals surface area contributed by atoms with Crippen LogP contribution in [0.3, 0.4) is 0 Å². The summed E-state index contributed by atoms with van der Waals surface area (Å²) in [5.74, 6) is 0.480. The Morgan fingerprint density at radius 3 is 2.52 bits per heavy atom. The molecule has 0 aliphatic rings. The van der Waals surface area contributed by atoms with Crippen LogP contribution in [0.1, 0.15) is 5.56 Å². The number of fused-ring (bicyclic) bond motifs is 1. The summed E-state index contributed by atoms with van der Waals surface area (Å²) in [6.07, 6.45) is 0. The van der Waals surface area contributed by atoms with Gasteiger partial charge >= 0.3 is 5.69 Å². The van der Waals surface area contributed by atoms with Crippen molar-refractivity contribution in [1.82, 2.24) is 9.55 Å². The molecule has 0 radical (unpaired) electrons. The van der Waals surface area contributed by atoms with Crippen LogP contribution < -0.4 is 16.0 Å². The first-order valence-corrected chi connectivity index (χ1v) is 6.54. The number of rotatable bonds is 3. The van der Waals surface area contributed by atoms with E-state index in [0.717, 1.165) is 5.56 Å². The minimum atomic E-state index is -0.444. The van der Waals surface area contributed by atoms with E-state index in [-0.39, 0.29) is 12.1 Å². The van der Waals surface area contributed by atoms with Gasteiger partial charge in [0, 0.05) is 0 Å². The van der Waals surface area contributed by atoms with Gasteiger partial charge in [-0.3, -0.25) is 9.36 Å². The molecule has 0 bridgehead atoms. The van der Waals surface area contributed by atoms with Crippen LogP contribution in [0.5, 0.6) is 5.75 Å². The molecular weight excluding hydrogens is 268 g/mol. The topological polar surface area (TPSA) is 64.1 Å². The van der Waals surface area contributed by atoms with E-state index in [4.69, 9.17) is 4.74 Å². The average molecular weight is 282 g/mol. The summed E-state index contributed by atoms with van der Waals surface area (Å²) in [6, 6.07) is 14.5. The molecule has 0 aliphatic carbocycles. The Morgan fingerprint density at radius 1 is 1.05 bits per heavy atom. The molecule has 0 spiro atoms. The first kappa shape index (κ1) is 13.2. The molecule has 1 heterocycles. The van der Waals surface area contributed by atoms with Crippen molar-refractivity contribution in [3.8, 4) is 5.75 Å². The van der Waals surface area contributed by atoms with E-state index in [9.17, 15) is 9.59 Å². The highest BCUT2D eigenvalue weighted by molar-refractivity contribution is 5.83. The zero-order chi connectivity index (χ0) is 14.8. The van der Waals surface area contributed by atoms with Crippen molar-refractivity contribution >= 4 is 10.9 Å². The van der Waals surface area contributed by atoms with Gasteiger partial charge in [-0.05, 0) is 17.7 Å². The highest BCUT2D eigenvalue weighted by Crippen LogP contribution is 2.19. The standard InChI is InChI=1S/C16H14N2O3/c1-21-13-9-5-8-12-14(13)17-16(20)18(15(12)19)10-11-6-3-2-4-7-11/h2-9H,10H2,1H3,(H,17,20). The minimum Gasteiger partial charge on any atom is -0.495 e. The van der Waals surface area contributed by atoms with Crippen molar-refractivity contribution < 1.29 is 4.74 Å². The second-order valence-electron chi connectivity index (χ2n) is 4.69. The number of hydrogen-bond donors (Lipinski definition) is 1. The Hall–Kier alpha value is -2.82. The summed E-state index contributed by atoms with van der Waals surface area (Å²) in [5, 5.41) is 0.435.